The summed E-state index contributed by atoms with van der Waals surface area (Å²) in [6.07, 6.45) is 2.26. The van der Waals surface area contributed by atoms with E-state index < -0.39 is 0 Å². The summed E-state index contributed by atoms with van der Waals surface area (Å²) in [6.45, 7) is 4.81. The number of aromatic amines is 1. The lowest BCUT2D eigenvalue weighted by Crippen LogP contribution is -2.26. The van der Waals surface area contributed by atoms with Gasteiger partial charge in [0.05, 0.1) is 0 Å². The van der Waals surface area contributed by atoms with Gasteiger partial charge in [0.25, 0.3) is 5.91 Å². The van der Waals surface area contributed by atoms with Crippen molar-refractivity contribution in [2.45, 2.75) is 19.8 Å². The van der Waals surface area contributed by atoms with Crippen LogP contribution in [-0.2, 0) is 0 Å². The number of H-pyrrole nitrogens is 1. The summed E-state index contributed by atoms with van der Waals surface area (Å²) in [5.41, 5.74) is 1.38. The molecule has 1 aliphatic heterocycles. The number of carbonyl (C=O) groups is 1. The van der Waals surface area contributed by atoms with E-state index in [9.17, 15) is 4.79 Å². The maximum atomic E-state index is 11.6. The molecule has 0 bridgehead atoms. The van der Waals surface area contributed by atoms with E-state index in [4.69, 9.17) is 0 Å². The minimum atomic E-state index is -0.0877. The molecule has 6 heteroatoms. The molecule has 1 saturated heterocycles. The molecule has 1 aliphatic rings. The molecule has 1 fully saturated rings. The first kappa shape index (κ1) is 14.0. The van der Waals surface area contributed by atoms with Crippen molar-refractivity contribution < 1.29 is 4.79 Å². The molecular formula is C11H19ClN4O. The molecule has 0 spiro atoms. The fraction of sp³-hybridized carbons (Fsp3) is 0.636. The van der Waals surface area contributed by atoms with Crippen LogP contribution >= 0.6 is 12.4 Å². The average Bonchev–Trinajstić information content (AvgIpc) is 2.89. The largest absolute Gasteiger partial charge is 0.351 e. The van der Waals surface area contributed by atoms with Crippen molar-refractivity contribution in [3.05, 3.63) is 17.5 Å². The number of hydrogen-bond acceptors (Lipinski definition) is 3. The van der Waals surface area contributed by atoms with E-state index in [-0.39, 0.29) is 18.3 Å². The predicted octanol–water partition coefficient (Wildman–Crippen LogP) is 0.869. The van der Waals surface area contributed by atoms with Crippen molar-refractivity contribution in [2.24, 2.45) is 5.92 Å². The van der Waals surface area contributed by atoms with Crippen LogP contribution in [0.2, 0.25) is 0 Å². The molecule has 96 valence electrons. The molecule has 17 heavy (non-hydrogen) atoms. The van der Waals surface area contributed by atoms with Crippen LogP contribution in [0.5, 0.6) is 0 Å². The van der Waals surface area contributed by atoms with E-state index in [1.165, 1.54) is 6.42 Å². The third kappa shape index (κ3) is 4.02. The predicted molar refractivity (Wildman–Crippen MR) is 68.5 cm³/mol. The molecule has 1 unspecified atom stereocenters. The summed E-state index contributed by atoms with van der Waals surface area (Å²) < 4.78 is 0. The number of aromatic nitrogens is 2. The Labute approximate surface area is 107 Å². The van der Waals surface area contributed by atoms with Gasteiger partial charge in [-0.25, -0.2) is 0 Å². The van der Waals surface area contributed by atoms with Crippen LogP contribution in [0.3, 0.4) is 0 Å². The van der Waals surface area contributed by atoms with Crippen LogP contribution in [0.1, 0.15) is 29.0 Å². The molecule has 2 rings (SSSR count). The smallest absolute Gasteiger partial charge is 0.271 e. The number of rotatable bonds is 4. The molecule has 1 amide bonds. The maximum absolute atomic E-state index is 11.6. The van der Waals surface area contributed by atoms with E-state index >= 15 is 0 Å². The Morgan fingerprint density at radius 3 is 3.06 bits per heavy atom. The van der Waals surface area contributed by atoms with Gasteiger partial charge in [0, 0.05) is 12.2 Å². The van der Waals surface area contributed by atoms with E-state index in [0.29, 0.717) is 11.6 Å². The van der Waals surface area contributed by atoms with Gasteiger partial charge in [0.2, 0.25) is 0 Å². The van der Waals surface area contributed by atoms with Crippen molar-refractivity contribution in [2.75, 3.05) is 19.6 Å². The number of halogens is 1. The summed E-state index contributed by atoms with van der Waals surface area (Å²) in [5, 5.41) is 12.9. The van der Waals surface area contributed by atoms with Crippen LogP contribution in [0, 0.1) is 12.8 Å². The Bertz CT molecular complexity index is 360. The van der Waals surface area contributed by atoms with E-state index in [1.54, 1.807) is 6.07 Å². The van der Waals surface area contributed by atoms with Gasteiger partial charge in [-0.3, -0.25) is 9.89 Å². The maximum Gasteiger partial charge on any atom is 0.271 e. The topological polar surface area (TPSA) is 69.8 Å². The molecule has 5 nitrogen and oxygen atoms in total. The number of carbonyl (C=O) groups excluding carboxylic acids is 1. The standard InChI is InChI=1S/C11H18N4O.ClH/c1-8-6-10(15-14-8)11(16)13-5-3-9-2-4-12-7-9;/h6,9,12H,2-5,7H2,1H3,(H,13,16)(H,14,15);1H. The summed E-state index contributed by atoms with van der Waals surface area (Å²) in [5.74, 6) is 0.622. The van der Waals surface area contributed by atoms with Crippen LogP contribution < -0.4 is 10.6 Å². The monoisotopic (exact) mass is 258 g/mol. The summed E-state index contributed by atoms with van der Waals surface area (Å²) in [7, 11) is 0. The van der Waals surface area contributed by atoms with Gasteiger partial charge < -0.3 is 10.6 Å². The summed E-state index contributed by atoms with van der Waals surface area (Å²) >= 11 is 0. The summed E-state index contributed by atoms with van der Waals surface area (Å²) in [6, 6.07) is 1.76. The Morgan fingerprint density at radius 2 is 2.47 bits per heavy atom. The Morgan fingerprint density at radius 1 is 1.65 bits per heavy atom. The highest BCUT2D eigenvalue weighted by Gasteiger charge is 2.15. The number of amides is 1. The highest BCUT2D eigenvalue weighted by Crippen LogP contribution is 2.10. The highest BCUT2D eigenvalue weighted by molar-refractivity contribution is 5.92. The molecule has 1 aromatic rings. The summed E-state index contributed by atoms with van der Waals surface area (Å²) in [4.78, 5) is 11.6. The second-order valence-electron chi connectivity index (χ2n) is 4.34. The lowest BCUT2D eigenvalue weighted by atomic mass is 10.1. The third-order valence-corrected chi connectivity index (χ3v) is 2.94. The zero-order valence-electron chi connectivity index (χ0n) is 9.95. The van der Waals surface area contributed by atoms with Crippen molar-refractivity contribution in [1.82, 2.24) is 20.8 Å². The second kappa shape index (κ2) is 6.61. The molecule has 0 radical (unpaired) electrons. The lowest BCUT2D eigenvalue weighted by molar-refractivity contribution is 0.0946. The quantitative estimate of drug-likeness (QED) is 0.751. The van der Waals surface area contributed by atoms with Gasteiger partial charge in [-0.1, -0.05) is 0 Å². The van der Waals surface area contributed by atoms with Crippen LogP contribution in [0.4, 0.5) is 0 Å². The van der Waals surface area contributed by atoms with E-state index in [2.05, 4.69) is 20.8 Å². The SMILES string of the molecule is Cc1cc(C(=O)NCCC2CCNC2)n[nH]1.Cl. The molecular weight excluding hydrogens is 240 g/mol. The van der Waals surface area contributed by atoms with Gasteiger partial charge in [-0.15, -0.1) is 12.4 Å². The van der Waals surface area contributed by atoms with Crippen LogP contribution in [0.25, 0.3) is 0 Å². The van der Waals surface area contributed by atoms with Crippen molar-refractivity contribution in [1.29, 1.82) is 0 Å². The second-order valence-corrected chi connectivity index (χ2v) is 4.34. The molecule has 2 heterocycles. The van der Waals surface area contributed by atoms with Gasteiger partial charge in [-0.2, -0.15) is 5.10 Å². The normalized spacial score (nSPS) is 18.8. The number of hydrogen-bond donors (Lipinski definition) is 3. The molecule has 0 aromatic carbocycles. The van der Waals surface area contributed by atoms with Gasteiger partial charge in [0.1, 0.15) is 5.69 Å². The fourth-order valence-electron chi connectivity index (χ4n) is 1.98. The number of nitrogens with zero attached hydrogens (tertiary/aromatic N) is 1. The fourth-order valence-corrected chi connectivity index (χ4v) is 1.98. The molecule has 3 N–H and O–H groups in total. The zero-order chi connectivity index (χ0) is 11.4. The van der Waals surface area contributed by atoms with Gasteiger partial charge in [0.15, 0.2) is 0 Å². The molecule has 0 aliphatic carbocycles. The first-order valence-electron chi connectivity index (χ1n) is 5.76. The minimum absolute atomic E-state index is 0. The van der Waals surface area contributed by atoms with E-state index in [1.807, 2.05) is 6.92 Å². The lowest BCUT2D eigenvalue weighted by Gasteiger charge is -2.08. The number of nitrogens with one attached hydrogen (secondary N) is 3. The molecule has 1 atom stereocenters. The average molecular weight is 259 g/mol. The van der Waals surface area contributed by atoms with Crippen molar-refractivity contribution >= 4 is 18.3 Å². The van der Waals surface area contributed by atoms with Gasteiger partial charge in [-0.05, 0) is 44.8 Å². The zero-order valence-corrected chi connectivity index (χ0v) is 10.8. The van der Waals surface area contributed by atoms with Crippen molar-refractivity contribution in [3.63, 3.8) is 0 Å². The first-order chi connectivity index (χ1) is 7.75. The minimum Gasteiger partial charge on any atom is -0.351 e. The highest BCUT2D eigenvalue weighted by atomic mass is 35.5. The molecule has 0 saturated carbocycles. The molecule has 1 aromatic heterocycles. The number of aryl methyl sites for hydroxylation is 1. The first-order valence-corrected chi connectivity index (χ1v) is 5.76. The Balaban J connectivity index is 0.00000144. The Hall–Kier alpha value is -1.07. The van der Waals surface area contributed by atoms with Gasteiger partial charge >= 0.3 is 0 Å². The van der Waals surface area contributed by atoms with Crippen LogP contribution in [-0.4, -0.2) is 35.7 Å². The third-order valence-electron chi connectivity index (χ3n) is 2.94. The Kier molecular flexibility index (Phi) is 5.44. The van der Waals surface area contributed by atoms with Crippen LogP contribution in [0.15, 0.2) is 6.07 Å². The van der Waals surface area contributed by atoms with E-state index in [0.717, 1.165) is 31.7 Å². The van der Waals surface area contributed by atoms with Crippen molar-refractivity contribution in [3.8, 4) is 0 Å².